The number of carboxylic acid groups (broad SMARTS) is 1. The Hall–Kier alpha value is -1.14. The molecule has 1 aliphatic rings. The minimum absolute atomic E-state index is 0.0122. The normalized spacial score (nSPS) is 25.0. The van der Waals surface area contributed by atoms with Crippen LogP contribution in [0.15, 0.2) is 0 Å². The Kier molecular flexibility index (Phi) is 5.95. The predicted molar refractivity (Wildman–Crippen MR) is 75.2 cm³/mol. The molecule has 4 N–H and O–H groups in total. The van der Waals surface area contributed by atoms with Gasteiger partial charge in [-0.25, -0.2) is 0 Å². The van der Waals surface area contributed by atoms with Gasteiger partial charge in [-0.2, -0.15) is 0 Å². The fourth-order valence-corrected chi connectivity index (χ4v) is 2.74. The molecule has 1 saturated heterocycles. The number of carbonyl (C=O) groups excluding carboxylic acids is 1. The maximum absolute atomic E-state index is 11.5. The molecule has 0 aliphatic carbocycles. The van der Waals surface area contributed by atoms with Crippen LogP contribution in [0.5, 0.6) is 0 Å². The fourth-order valence-electron chi connectivity index (χ4n) is 2.74. The van der Waals surface area contributed by atoms with Crippen molar-refractivity contribution in [1.82, 2.24) is 5.32 Å². The average molecular weight is 286 g/mol. The number of hydrogen-bond donors (Lipinski definition) is 3. The molecule has 6 heteroatoms. The molecular weight excluding hydrogens is 260 g/mol. The first-order valence-corrected chi connectivity index (χ1v) is 7.16. The van der Waals surface area contributed by atoms with Gasteiger partial charge in [0.25, 0.3) is 0 Å². The summed E-state index contributed by atoms with van der Waals surface area (Å²) in [6, 6.07) is -0.942. The van der Waals surface area contributed by atoms with Crippen molar-refractivity contribution in [2.24, 2.45) is 17.1 Å². The lowest BCUT2D eigenvalue weighted by atomic mass is 9.72. The maximum atomic E-state index is 11.5. The van der Waals surface area contributed by atoms with E-state index in [0.29, 0.717) is 13.0 Å². The molecule has 6 nitrogen and oxygen atoms in total. The summed E-state index contributed by atoms with van der Waals surface area (Å²) in [6.45, 7) is 6.66. The number of ether oxygens (including phenoxy) is 1. The number of esters is 1. The highest BCUT2D eigenvalue weighted by atomic mass is 16.5. The Bertz CT molecular complexity index is 357. The Morgan fingerprint density at radius 3 is 2.70 bits per heavy atom. The van der Waals surface area contributed by atoms with Gasteiger partial charge in [0, 0.05) is 17.9 Å². The highest BCUT2D eigenvalue weighted by Crippen LogP contribution is 2.33. The van der Waals surface area contributed by atoms with E-state index < -0.39 is 17.4 Å². The van der Waals surface area contributed by atoms with E-state index in [9.17, 15) is 9.59 Å². The number of carboxylic acids is 1. The van der Waals surface area contributed by atoms with Gasteiger partial charge in [0.1, 0.15) is 6.04 Å². The Morgan fingerprint density at radius 2 is 2.15 bits per heavy atom. The quantitative estimate of drug-likeness (QED) is 0.623. The van der Waals surface area contributed by atoms with Crippen molar-refractivity contribution in [3.63, 3.8) is 0 Å². The van der Waals surface area contributed by atoms with Crippen LogP contribution in [0.1, 0.15) is 40.0 Å². The lowest BCUT2D eigenvalue weighted by Crippen LogP contribution is -2.57. The molecular formula is C14H26N2O4. The van der Waals surface area contributed by atoms with Crippen LogP contribution >= 0.6 is 0 Å². The lowest BCUT2D eigenvalue weighted by molar-refractivity contribution is -0.145. The molecule has 0 aromatic carbocycles. The van der Waals surface area contributed by atoms with Crippen LogP contribution < -0.4 is 11.1 Å². The molecule has 0 amide bonds. The molecule has 3 atom stereocenters. The number of rotatable bonds is 6. The minimum Gasteiger partial charge on any atom is -0.480 e. The van der Waals surface area contributed by atoms with Crippen molar-refractivity contribution in [2.75, 3.05) is 13.2 Å². The van der Waals surface area contributed by atoms with Crippen molar-refractivity contribution in [3.8, 4) is 0 Å². The summed E-state index contributed by atoms with van der Waals surface area (Å²) in [7, 11) is 0. The van der Waals surface area contributed by atoms with Crippen LogP contribution in [0.25, 0.3) is 0 Å². The zero-order valence-corrected chi connectivity index (χ0v) is 12.5. The van der Waals surface area contributed by atoms with Crippen molar-refractivity contribution in [2.45, 2.75) is 52.1 Å². The van der Waals surface area contributed by atoms with Crippen LogP contribution in [0, 0.1) is 11.3 Å². The van der Waals surface area contributed by atoms with E-state index in [1.807, 2.05) is 13.8 Å². The van der Waals surface area contributed by atoms with Gasteiger partial charge in [-0.05, 0) is 32.2 Å². The molecule has 0 spiro atoms. The zero-order valence-electron chi connectivity index (χ0n) is 12.5. The SMILES string of the molecule is CCOC(=O)CC1CCNC(C(C)(C)C(N)C(=O)O)C1. The van der Waals surface area contributed by atoms with Gasteiger partial charge >= 0.3 is 11.9 Å². The molecule has 0 radical (unpaired) electrons. The summed E-state index contributed by atoms with van der Waals surface area (Å²) in [5.41, 5.74) is 5.22. The van der Waals surface area contributed by atoms with Crippen LogP contribution in [0.2, 0.25) is 0 Å². The Morgan fingerprint density at radius 1 is 1.50 bits per heavy atom. The summed E-state index contributed by atoms with van der Waals surface area (Å²) in [4.78, 5) is 22.7. The lowest BCUT2D eigenvalue weighted by Gasteiger charge is -2.42. The zero-order chi connectivity index (χ0) is 15.3. The largest absolute Gasteiger partial charge is 0.480 e. The molecule has 0 bridgehead atoms. The van der Waals surface area contributed by atoms with Crippen molar-refractivity contribution >= 4 is 11.9 Å². The summed E-state index contributed by atoms with van der Waals surface area (Å²) >= 11 is 0. The molecule has 0 saturated carbocycles. The first-order chi connectivity index (χ1) is 9.28. The van der Waals surface area contributed by atoms with Crippen LogP contribution in [-0.4, -0.2) is 42.3 Å². The fraction of sp³-hybridized carbons (Fsp3) is 0.857. The number of carbonyl (C=O) groups is 2. The molecule has 1 heterocycles. The predicted octanol–water partition coefficient (Wildman–Crippen LogP) is 0.746. The number of aliphatic carboxylic acids is 1. The van der Waals surface area contributed by atoms with Gasteiger partial charge in [-0.3, -0.25) is 9.59 Å². The topological polar surface area (TPSA) is 102 Å². The van der Waals surface area contributed by atoms with E-state index in [0.717, 1.165) is 19.4 Å². The van der Waals surface area contributed by atoms with Gasteiger partial charge in [-0.15, -0.1) is 0 Å². The number of piperidine rings is 1. The summed E-state index contributed by atoms with van der Waals surface area (Å²) < 4.78 is 4.97. The number of hydrogen-bond acceptors (Lipinski definition) is 5. The molecule has 20 heavy (non-hydrogen) atoms. The molecule has 1 fully saturated rings. The van der Waals surface area contributed by atoms with Gasteiger partial charge in [-0.1, -0.05) is 13.8 Å². The van der Waals surface area contributed by atoms with Gasteiger partial charge in [0.2, 0.25) is 0 Å². The number of nitrogens with one attached hydrogen (secondary N) is 1. The maximum Gasteiger partial charge on any atom is 0.321 e. The van der Waals surface area contributed by atoms with Crippen molar-refractivity contribution in [3.05, 3.63) is 0 Å². The van der Waals surface area contributed by atoms with Gasteiger partial charge in [0.15, 0.2) is 0 Å². The second-order valence-electron chi connectivity index (χ2n) is 6.04. The monoisotopic (exact) mass is 286 g/mol. The van der Waals surface area contributed by atoms with Crippen LogP contribution in [0.3, 0.4) is 0 Å². The van der Waals surface area contributed by atoms with Crippen molar-refractivity contribution in [1.29, 1.82) is 0 Å². The second-order valence-corrected chi connectivity index (χ2v) is 6.04. The standard InChI is InChI=1S/C14H26N2O4/c1-4-20-11(17)8-9-5-6-16-10(7-9)14(2,3)12(15)13(18)19/h9-10,12,16H,4-8,15H2,1-3H3,(H,18,19). The van der Waals surface area contributed by atoms with E-state index in [2.05, 4.69) is 5.32 Å². The second kappa shape index (κ2) is 7.04. The summed E-state index contributed by atoms with van der Waals surface area (Å²) in [5, 5.41) is 12.4. The van der Waals surface area contributed by atoms with E-state index in [1.165, 1.54) is 0 Å². The van der Waals surface area contributed by atoms with E-state index in [1.54, 1.807) is 6.92 Å². The highest BCUT2D eigenvalue weighted by molar-refractivity contribution is 5.74. The van der Waals surface area contributed by atoms with Crippen molar-refractivity contribution < 1.29 is 19.4 Å². The number of nitrogens with two attached hydrogens (primary N) is 1. The Balaban J connectivity index is 2.64. The first kappa shape index (κ1) is 16.9. The smallest absolute Gasteiger partial charge is 0.321 e. The van der Waals surface area contributed by atoms with Gasteiger partial charge in [0.05, 0.1) is 6.61 Å². The third-order valence-corrected chi connectivity index (χ3v) is 4.24. The average Bonchev–Trinajstić information content (AvgIpc) is 2.38. The summed E-state index contributed by atoms with van der Waals surface area (Å²) in [6.07, 6.45) is 2.03. The molecule has 0 aromatic rings. The van der Waals surface area contributed by atoms with E-state index in [4.69, 9.17) is 15.6 Å². The Labute approximate surface area is 120 Å². The van der Waals surface area contributed by atoms with Crippen LogP contribution in [0.4, 0.5) is 0 Å². The first-order valence-electron chi connectivity index (χ1n) is 7.16. The molecule has 1 rings (SSSR count). The molecule has 0 aromatic heterocycles. The minimum atomic E-state index is -0.996. The molecule has 116 valence electrons. The molecule has 1 aliphatic heterocycles. The van der Waals surface area contributed by atoms with Crippen LogP contribution in [-0.2, 0) is 14.3 Å². The summed E-state index contributed by atoms with van der Waals surface area (Å²) in [5.74, 6) is -0.955. The third kappa shape index (κ3) is 4.18. The van der Waals surface area contributed by atoms with E-state index in [-0.39, 0.29) is 17.9 Å². The third-order valence-electron chi connectivity index (χ3n) is 4.24. The van der Waals surface area contributed by atoms with Gasteiger partial charge < -0.3 is 20.9 Å². The molecule has 3 unspecified atom stereocenters. The van der Waals surface area contributed by atoms with E-state index >= 15 is 0 Å². The highest BCUT2D eigenvalue weighted by Gasteiger charge is 2.41.